The van der Waals surface area contributed by atoms with E-state index < -0.39 is 0 Å². The number of allylic oxidation sites excluding steroid dienone is 6. The summed E-state index contributed by atoms with van der Waals surface area (Å²) in [5.41, 5.74) is 3.91. The van der Waals surface area contributed by atoms with Gasteiger partial charge in [-0.1, -0.05) is 34.9 Å². The van der Waals surface area contributed by atoms with Gasteiger partial charge in [0.2, 0.25) is 0 Å². The van der Waals surface area contributed by atoms with Crippen LogP contribution in [-0.2, 0) is 9.53 Å². The van der Waals surface area contributed by atoms with Gasteiger partial charge in [-0.3, -0.25) is 4.79 Å². The van der Waals surface area contributed by atoms with Crippen molar-refractivity contribution >= 4 is 5.97 Å². The first-order valence-corrected chi connectivity index (χ1v) is 9.26. The highest BCUT2D eigenvalue weighted by Crippen LogP contribution is 2.13. The molecule has 0 aromatic carbocycles. The number of ether oxygens (including phenoxy) is 1. The van der Waals surface area contributed by atoms with Crippen LogP contribution in [0.2, 0.25) is 0 Å². The van der Waals surface area contributed by atoms with E-state index in [0.29, 0.717) is 6.42 Å². The van der Waals surface area contributed by atoms with Crippen LogP contribution in [0.5, 0.6) is 0 Å². The minimum absolute atomic E-state index is 0.0940. The second-order valence-corrected chi connectivity index (χ2v) is 7.94. The second kappa shape index (κ2) is 12.1. The number of unbranched alkanes of at least 4 members (excludes halogenated alkanes) is 1. The zero-order chi connectivity index (χ0) is 18.6. The highest BCUT2D eigenvalue weighted by atomic mass is 16.6. The van der Waals surface area contributed by atoms with Crippen molar-refractivity contribution in [3.8, 4) is 0 Å². The van der Waals surface area contributed by atoms with Crippen molar-refractivity contribution in [3.05, 3.63) is 34.9 Å². The van der Waals surface area contributed by atoms with Crippen LogP contribution in [0.1, 0.15) is 93.4 Å². The van der Waals surface area contributed by atoms with Gasteiger partial charge in [-0.25, -0.2) is 0 Å². The number of carbonyl (C=O) groups is 1. The van der Waals surface area contributed by atoms with E-state index in [0.717, 1.165) is 38.5 Å². The van der Waals surface area contributed by atoms with E-state index >= 15 is 0 Å². The third-order valence-electron chi connectivity index (χ3n) is 3.62. The molecule has 2 heteroatoms. The lowest BCUT2D eigenvalue weighted by Crippen LogP contribution is -2.23. The molecule has 138 valence electrons. The fraction of sp³-hybridized carbons (Fsp3) is 0.682. The van der Waals surface area contributed by atoms with Crippen LogP contribution < -0.4 is 0 Å². The SMILES string of the molecule is CC(C)=CCC/C(C)=C/CC/C(C)=C/CCCC(=O)OC(C)(C)C. The van der Waals surface area contributed by atoms with Crippen LogP contribution in [-0.4, -0.2) is 11.6 Å². The van der Waals surface area contributed by atoms with Crippen molar-refractivity contribution < 1.29 is 9.53 Å². The molecule has 0 rings (SSSR count). The molecule has 0 aromatic heterocycles. The van der Waals surface area contributed by atoms with Crippen molar-refractivity contribution in [1.82, 2.24) is 0 Å². The number of hydrogen-bond donors (Lipinski definition) is 0. The van der Waals surface area contributed by atoms with Gasteiger partial charge in [0, 0.05) is 6.42 Å². The first-order chi connectivity index (χ1) is 11.1. The Morgan fingerprint density at radius 2 is 1.29 bits per heavy atom. The molecule has 0 aromatic rings. The van der Waals surface area contributed by atoms with Crippen LogP contribution >= 0.6 is 0 Å². The number of esters is 1. The highest BCUT2D eigenvalue weighted by Gasteiger charge is 2.15. The molecule has 0 aliphatic carbocycles. The molecule has 0 saturated carbocycles. The summed E-state index contributed by atoms with van der Waals surface area (Å²) in [5, 5.41) is 0. The Bertz CT molecular complexity index is 455. The maximum absolute atomic E-state index is 11.6. The topological polar surface area (TPSA) is 26.3 Å². The molecule has 2 nitrogen and oxygen atoms in total. The number of rotatable bonds is 10. The number of carbonyl (C=O) groups excluding carboxylic acids is 1. The largest absolute Gasteiger partial charge is 0.460 e. The normalized spacial score (nSPS) is 13.0. The molecular weight excluding hydrogens is 296 g/mol. The van der Waals surface area contributed by atoms with Crippen molar-refractivity contribution in [1.29, 1.82) is 0 Å². The predicted molar refractivity (Wildman–Crippen MR) is 105 cm³/mol. The summed E-state index contributed by atoms with van der Waals surface area (Å²) in [7, 11) is 0. The molecule has 0 aliphatic heterocycles. The first kappa shape index (κ1) is 22.7. The van der Waals surface area contributed by atoms with Crippen LogP contribution in [0, 0.1) is 0 Å². The van der Waals surface area contributed by atoms with E-state index in [-0.39, 0.29) is 11.6 Å². The Morgan fingerprint density at radius 3 is 1.79 bits per heavy atom. The van der Waals surface area contributed by atoms with Gasteiger partial charge in [-0.05, 0) is 87.0 Å². The quantitative estimate of drug-likeness (QED) is 0.246. The summed E-state index contributed by atoms with van der Waals surface area (Å²) in [5.74, 6) is -0.0940. The van der Waals surface area contributed by atoms with Crippen molar-refractivity contribution in [3.63, 3.8) is 0 Å². The average Bonchev–Trinajstić information content (AvgIpc) is 2.41. The molecule has 0 bridgehead atoms. The molecule has 0 heterocycles. The zero-order valence-electron chi connectivity index (χ0n) is 17.0. The predicted octanol–water partition coefficient (Wildman–Crippen LogP) is 6.92. The summed E-state index contributed by atoms with van der Waals surface area (Å²) >= 11 is 0. The summed E-state index contributed by atoms with van der Waals surface area (Å²) in [6.45, 7) is 14.4. The molecule has 0 aliphatic rings. The molecule has 0 saturated heterocycles. The Kier molecular flexibility index (Phi) is 11.4. The van der Waals surface area contributed by atoms with Gasteiger partial charge in [0.25, 0.3) is 0 Å². The smallest absolute Gasteiger partial charge is 0.306 e. The van der Waals surface area contributed by atoms with E-state index in [1.54, 1.807) is 0 Å². The third kappa shape index (κ3) is 15.6. The fourth-order valence-corrected chi connectivity index (χ4v) is 2.33. The minimum Gasteiger partial charge on any atom is -0.460 e. The van der Waals surface area contributed by atoms with Crippen molar-refractivity contribution in [2.24, 2.45) is 0 Å². The van der Waals surface area contributed by atoms with Gasteiger partial charge in [-0.15, -0.1) is 0 Å². The van der Waals surface area contributed by atoms with E-state index in [2.05, 4.69) is 45.9 Å². The zero-order valence-corrected chi connectivity index (χ0v) is 17.0. The van der Waals surface area contributed by atoms with Crippen LogP contribution in [0.25, 0.3) is 0 Å². The van der Waals surface area contributed by atoms with E-state index in [1.807, 2.05) is 20.8 Å². The molecule has 0 amide bonds. The van der Waals surface area contributed by atoms with Gasteiger partial charge < -0.3 is 4.74 Å². The van der Waals surface area contributed by atoms with Crippen LogP contribution in [0.15, 0.2) is 34.9 Å². The molecule has 0 atom stereocenters. The maximum Gasteiger partial charge on any atom is 0.306 e. The van der Waals surface area contributed by atoms with E-state index in [1.165, 1.54) is 16.7 Å². The summed E-state index contributed by atoms with van der Waals surface area (Å²) < 4.78 is 5.31. The summed E-state index contributed by atoms with van der Waals surface area (Å²) in [6.07, 6.45) is 13.7. The number of hydrogen-bond acceptors (Lipinski definition) is 2. The highest BCUT2D eigenvalue weighted by molar-refractivity contribution is 5.69. The van der Waals surface area contributed by atoms with Crippen molar-refractivity contribution in [2.45, 2.75) is 99.0 Å². The van der Waals surface area contributed by atoms with Gasteiger partial charge >= 0.3 is 5.97 Å². The standard InChI is InChI=1S/C22H38O2/c1-18(2)12-10-14-20(4)16-11-15-19(3)13-8-9-17-21(23)24-22(5,6)7/h12-13,16H,8-11,14-15,17H2,1-7H3/b19-13+,20-16+. The first-order valence-electron chi connectivity index (χ1n) is 9.26. The minimum atomic E-state index is -0.376. The Labute approximate surface area is 150 Å². The van der Waals surface area contributed by atoms with E-state index in [4.69, 9.17) is 4.74 Å². The summed E-state index contributed by atoms with van der Waals surface area (Å²) in [6, 6.07) is 0. The van der Waals surface area contributed by atoms with Gasteiger partial charge in [0.1, 0.15) is 5.60 Å². The van der Waals surface area contributed by atoms with E-state index in [9.17, 15) is 4.79 Å². The maximum atomic E-state index is 11.6. The monoisotopic (exact) mass is 334 g/mol. The second-order valence-electron chi connectivity index (χ2n) is 7.94. The third-order valence-corrected chi connectivity index (χ3v) is 3.62. The fourth-order valence-electron chi connectivity index (χ4n) is 2.33. The Morgan fingerprint density at radius 1 is 0.792 bits per heavy atom. The van der Waals surface area contributed by atoms with Gasteiger partial charge in [0.05, 0.1) is 0 Å². The molecular formula is C22H38O2. The lowest BCUT2D eigenvalue weighted by Gasteiger charge is -2.19. The Balaban J connectivity index is 3.91. The lowest BCUT2D eigenvalue weighted by atomic mass is 10.1. The summed E-state index contributed by atoms with van der Waals surface area (Å²) in [4.78, 5) is 11.6. The molecule has 0 unspecified atom stereocenters. The van der Waals surface area contributed by atoms with Crippen molar-refractivity contribution in [2.75, 3.05) is 0 Å². The molecule has 24 heavy (non-hydrogen) atoms. The lowest BCUT2D eigenvalue weighted by molar-refractivity contribution is -0.154. The van der Waals surface area contributed by atoms with Gasteiger partial charge in [-0.2, -0.15) is 0 Å². The Hall–Kier alpha value is -1.31. The molecule has 0 spiro atoms. The van der Waals surface area contributed by atoms with Crippen LogP contribution in [0.3, 0.4) is 0 Å². The average molecular weight is 335 g/mol. The molecule has 0 radical (unpaired) electrons. The molecule has 0 fully saturated rings. The van der Waals surface area contributed by atoms with Gasteiger partial charge in [0.15, 0.2) is 0 Å². The van der Waals surface area contributed by atoms with Crippen LogP contribution in [0.4, 0.5) is 0 Å². The molecule has 0 N–H and O–H groups in total.